The van der Waals surface area contributed by atoms with E-state index in [0.29, 0.717) is 139 Å². The molecule has 0 aliphatic carbocycles. The number of hydrogen-bond acceptors (Lipinski definition) is 13. The highest BCUT2D eigenvalue weighted by Crippen LogP contribution is 2.36. The number of carbonyl (C=O) groups is 1. The molecule has 0 saturated heterocycles. The van der Waals surface area contributed by atoms with E-state index in [1.54, 1.807) is 0 Å². The van der Waals surface area contributed by atoms with E-state index < -0.39 is 8.32 Å². The molecule has 308 valence electrons. The van der Waals surface area contributed by atoms with Crippen LogP contribution in [0.15, 0.2) is 60.7 Å². The Hall–Kier alpha value is -2.31. The minimum atomic E-state index is -2.54. The fourth-order valence-corrected chi connectivity index (χ4v) is 9.89. The largest absolute Gasteiger partial charge is 0.463 e. The van der Waals surface area contributed by atoms with Gasteiger partial charge in [0.1, 0.15) is 6.61 Å². The first-order chi connectivity index (χ1) is 26.4. The highest BCUT2D eigenvalue weighted by molar-refractivity contribution is 6.99. The van der Waals surface area contributed by atoms with Crippen LogP contribution in [0.1, 0.15) is 27.7 Å². The van der Waals surface area contributed by atoms with Crippen LogP contribution in [0.3, 0.4) is 0 Å². The van der Waals surface area contributed by atoms with Gasteiger partial charge in [-0.3, -0.25) is 4.79 Å². The molecule has 0 heterocycles. The zero-order chi connectivity index (χ0) is 38.8. The van der Waals surface area contributed by atoms with E-state index in [0.717, 1.165) is 0 Å². The fourth-order valence-electron chi connectivity index (χ4n) is 5.34. The van der Waals surface area contributed by atoms with Crippen LogP contribution >= 0.6 is 0 Å². The SMILES string of the molecule is CC(=O)OCCOCCOCCOCCOCCOCCOCCOCCOCCOCCOCCO[Si](c1ccccc1)(c1ccccc1)C(C)(C)C. The molecule has 54 heavy (non-hydrogen) atoms. The maximum Gasteiger partial charge on any atom is 0.302 e. The van der Waals surface area contributed by atoms with Crippen LogP contribution in [0.25, 0.3) is 0 Å². The summed E-state index contributed by atoms with van der Waals surface area (Å²) < 4.78 is 66.8. The summed E-state index contributed by atoms with van der Waals surface area (Å²) in [6.45, 7) is 18.6. The van der Waals surface area contributed by atoms with Crippen LogP contribution in [0.4, 0.5) is 0 Å². The lowest BCUT2D eigenvalue weighted by molar-refractivity contribution is -0.142. The number of ether oxygens (including phenoxy) is 11. The second-order valence-electron chi connectivity index (χ2n) is 13.0. The molecule has 0 saturated carbocycles. The van der Waals surface area contributed by atoms with Crippen molar-refractivity contribution in [3.05, 3.63) is 60.7 Å². The monoisotopic (exact) mass is 782 g/mol. The summed E-state index contributed by atoms with van der Waals surface area (Å²) in [6, 6.07) is 21.3. The average molecular weight is 783 g/mol. The van der Waals surface area contributed by atoms with E-state index in [2.05, 4.69) is 81.4 Å². The lowest BCUT2D eigenvalue weighted by Gasteiger charge is -2.43. The molecule has 0 N–H and O–H groups in total. The van der Waals surface area contributed by atoms with Gasteiger partial charge in [-0.2, -0.15) is 0 Å². The molecule has 0 unspecified atom stereocenters. The van der Waals surface area contributed by atoms with Gasteiger partial charge in [-0.05, 0) is 15.4 Å². The third kappa shape index (κ3) is 22.3. The first kappa shape index (κ1) is 47.8. The summed E-state index contributed by atoms with van der Waals surface area (Å²) >= 11 is 0. The normalized spacial score (nSPS) is 12.0. The van der Waals surface area contributed by atoms with Gasteiger partial charge in [0.05, 0.1) is 139 Å². The first-order valence-corrected chi connectivity index (χ1v) is 20.9. The standard InChI is InChI=1S/C40H66O13Si/c1-37(41)52-35-33-50-31-29-48-27-25-46-23-21-44-19-17-42-15-16-43-18-20-45-22-24-47-26-28-49-30-32-51-34-36-53-54(40(2,3)4,38-11-7-5-8-12-38)39-13-9-6-10-14-39/h5-14H,15-36H2,1-4H3. The Labute approximate surface area is 324 Å². The van der Waals surface area contributed by atoms with Crippen LogP contribution < -0.4 is 10.4 Å². The fraction of sp³-hybridized carbons (Fsp3) is 0.675. The van der Waals surface area contributed by atoms with Crippen molar-refractivity contribution in [2.45, 2.75) is 32.7 Å². The molecule has 13 nitrogen and oxygen atoms in total. The van der Waals surface area contributed by atoms with Crippen molar-refractivity contribution < 1.29 is 61.3 Å². The molecule has 0 spiro atoms. The zero-order valence-electron chi connectivity index (χ0n) is 33.1. The average Bonchev–Trinajstić information content (AvgIpc) is 3.16. The molecular weight excluding hydrogens is 717 g/mol. The molecule has 14 heteroatoms. The highest BCUT2D eigenvalue weighted by atomic mass is 28.4. The summed E-state index contributed by atoms with van der Waals surface area (Å²) in [6.07, 6.45) is 0. The third-order valence-corrected chi connectivity index (χ3v) is 12.9. The summed E-state index contributed by atoms with van der Waals surface area (Å²) in [4.78, 5) is 10.6. The van der Waals surface area contributed by atoms with Crippen molar-refractivity contribution in [2.24, 2.45) is 0 Å². The maximum atomic E-state index is 10.6. The minimum Gasteiger partial charge on any atom is -0.463 e. The molecule has 0 radical (unpaired) electrons. The quantitative estimate of drug-likeness (QED) is 0.0571. The van der Waals surface area contributed by atoms with Gasteiger partial charge in [0.2, 0.25) is 0 Å². The van der Waals surface area contributed by atoms with Gasteiger partial charge in [0.25, 0.3) is 8.32 Å². The molecule has 0 aliphatic heterocycles. The van der Waals surface area contributed by atoms with E-state index in [-0.39, 0.29) is 17.6 Å². The first-order valence-electron chi connectivity index (χ1n) is 19.0. The Morgan fingerprint density at radius 2 is 0.648 bits per heavy atom. The number of rotatable bonds is 36. The zero-order valence-corrected chi connectivity index (χ0v) is 34.1. The Kier molecular flexibility index (Phi) is 28.2. The van der Waals surface area contributed by atoms with Crippen molar-refractivity contribution >= 4 is 24.7 Å². The van der Waals surface area contributed by atoms with Crippen molar-refractivity contribution in [1.29, 1.82) is 0 Å². The summed E-state index contributed by atoms with van der Waals surface area (Å²) in [5, 5.41) is 2.47. The van der Waals surface area contributed by atoms with Gasteiger partial charge in [-0.15, -0.1) is 0 Å². The Bertz CT molecular complexity index is 1100. The number of carbonyl (C=O) groups excluding carboxylic acids is 1. The van der Waals surface area contributed by atoms with Crippen LogP contribution in [0.5, 0.6) is 0 Å². The van der Waals surface area contributed by atoms with Crippen LogP contribution in [0.2, 0.25) is 5.04 Å². The third-order valence-electron chi connectivity index (χ3n) is 7.84. The molecular formula is C40H66O13Si. The Balaban J connectivity index is 1.30. The molecule has 2 rings (SSSR count). The predicted octanol–water partition coefficient (Wildman–Crippen LogP) is 3.29. The van der Waals surface area contributed by atoms with Gasteiger partial charge in [-0.1, -0.05) is 81.4 Å². The molecule has 2 aromatic carbocycles. The summed E-state index contributed by atoms with van der Waals surface area (Å²) in [5.74, 6) is -0.312. The van der Waals surface area contributed by atoms with Gasteiger partial charge < -0.3 is 56.5 Å². The van der Waals surface area contributed by atoms with E-state index >= 15 is 0 Å². The van der Waals surface area contributed by atoms with Crippen molar-refractivity contribution in [3.63, 3.8) is 0 Å². The minimum absolute atomic E-state index is 0.0598. The van der Waals surface area contributed by atoms with E-state index in [9.17, 15) is 4.79 Å². The van der Waals surface area contributed by atoms with Crippen LogP contribution in [-0.2, 0) is 61.3 Å². The second-order valence-corrected chi connectivity index (χ2v) is 17.3. The van der Waals surface area contributed by atoms with E-state index in [4.69, 9.17) is 56.5 Å². The maximum absolute atomic E-state index is 10.6. The smallest absolute Gasteiger partial charge is 0.302 e. The molecule has 0 fully saturated rings. The lowest BCUT2D eigenvalue weighted by atomic mass is 10.2. The van der Waals surface area contributed by atoms with Crippen molar-refractivity contribution in [2.75, 3.05) is 145 Å². The number of hydrogen-bond donors (Lipinski definition) is 0. The van der Waals surface area contributed by atoms with E-state index in [1.807, 2.05) is 0 Å². The Morgan fingerprint density at radius 1 is 0.407 bits per heavy atom. The van der Waals surface area contributed by atoms with Gasteiger partial charge in [0.15, 0.2) is 0 Å². The van der Waals surface area contributed by atoms with Gasteiger partial charge >= 0.3 is 5.97 Å². The predicted molar refractivity (Wildman–Crippen MR) is 208 cm³/mol. The molecule has 0 aromatic heterocycles. The molecule has 0 bridgehead atoms. The number of esters is 1. The second kappa shape index (κ2) is 31.8. The summed E-state index contributed by atoms with van der Waals surface area (Å²) in [7, 11) is -2.54. The topological polar surface area (TPSA) is 128 Å². The molecule has 0 amide bonds. The van der Waals surface area contributed by atoms with Crippen molar-refractivity contribution in [3.8, 4) is 0 Å². The van der Waals surface area contributed by atoms with Crippen LogP contribution in [0, 0.1) is 0 Å². The Morgan fingerprint density at radius 3 is 0.889 bits per heavy atom. The van der Waals surface area contributed by atoms with Crippen LogP contribution in [-0.4, -0.2) is 160 Å². The van der Waals surface area contributed by atoms with Gasteiger partial charge in [-0.25, -0.2) is 0 Å². The molecule has 2 aromatic rings. The van der Waals surface area contributed by atoms with Gasteiger partial charge in [0, 0.05) is 6.92 Å². The highest BCUT2D eigenvalue weighted by Gasteiger charge is 2.50. The molecule has 0 aliphatic rings. The van der Waals surface area contributed by atoms with Crippen molar-refractivity contribution in [1.82, 2.24) is 0 Å². The summed E-state index contributed by atoms with van der Waals surface area (Å²) in [5.41, 5.74) is 0. The lowest BCUT2D eigenvalue weighted by Crippen LogP contribution is -2.66. The van der Waals surface area contributed by atoms with E-state index in [1.165, 1.54) is 17.3 Å². The number of benzene rings is 2. The molecule has 0 atom stereocenters.